The van der Waals surface area contributed by atoms with Crippen LogP contribution < -0.4 is 20.5 Å². The molecule has 1 aromatic heterocycles. The number of hydrogen-bond acceptors (Lipinski definition) is 6. The number of halogens is 2. The number of carbonyl (C=O) groups is 1. The Kier molecular flexibility index (Phi) is 8.30. The van der Waals surface area contributed by atoms with E-state index in [1.54, 1.807) is 6.07 Å². The SMILES string of the molecule is CCCCn1c(SCC(=O)NCc2ccc(OC(F)F)c(OC)c2)n[nH]c1=O. The lowest BCUT2D eigenvalue weighted by Crippen LogP contribution is -2.25. The van der Waals surface area contributed by atoms with E-state index in [0.717, 1.165) is 24.6 Å². The molecule has 28 heavy (non-hydrogen) atoms. The first-order valence-electron chi connectivity index (χ1n) is 8.61. The van der Waals surface area contributed by atoms with Crippen LogP contribution in [0.3, 0.4) is 0 Å². The van der Waals surface area contributed by atoms with E-state index in [9.17, 15) is 18.4 Å². The van der Waals surface area contributed by atoms with E-state index < -0.39 is 6.61 Å². The number of benzene rings is 1. The Bertz CT molecular complexity index is 841. The molecule has 1 amide bonds. The molecule has 0 unspecified atom stereocenters. The molecule has 0 atom stereocenters. The summed E-state index contributed by atoms with van der Waals surface area (Å²) in [4.78, 5) is 23.8. The zero-order valence-corrected chi connectivity index (χ0v) is 16.4. The molecular weight excluding hydrogens is 394 g/mol. The molecule has 0 aliphatic carbocycles. The van der Waals surface area contributed by atoms with Crippen LogP contribution in [-0.2, 0) is 17.9 Å². The predicted octanol–water partition coefficient (Wildman–Crippen LogP) is 2.39. The summed E-state index contributed by atoms with van der Waals surface area (Å²) in [5.74, 6) is -0.0980. The zero-order valence-electron chi connectivity index (χ0n) is 15.5. The highest BCUT2D eigenvalue weighted by Crippen LogP contribution is 2.29. The number of thioether (sulfide) groups is 1. The number of nitrogens with one attached hydrogen (secondary N) is 2. The molecule has 0 fully saturated rings. The van der Waals surface area contributed by atoms with Crippen molar-refractivity contribution in [2.45, 2.75) is 44.6 Å². The largest absolute Gasteiger partial charge is 0.493 e. The number of aromatic amines is 1. The van der Waals surface area contributed by atoms with Gasteiger partial charge in [0.1, 0.15) is 0 Å². The highest BCUT2D eigenvalue weighted by Gasteiger charge is 2.13. The summed E-state index contributed by atoms with van der Waals surface area (Å²) in [5.41, 5.74) is 0.367. The fraction of sp³-hybridized carbons (Fsp3) is 0.471. The van der Waals surface area contributed by atoms with Crippen molar-refractivity contribution in [3.8, 4) is 11.5 Å². The van der Waals surface area contributed by atoms with Gasteiger partial charge in [-0.1, -0.05) is 31.2 Å². The maximum absolute atomic E-state index is 12.3. The number of methoxy groups -OCH3 is 1. The lowest BCUT2D eigenvalue weighted by atomic mass is 10.2. The van der Waals surface area contributed by atoms with Crippen LogP contribution >= 0.6 is 11.8 Å². The second-order valence-electron chi connectivity index (χ2n) is 5.75. The van der Waals surface area contributed by atoms with E-state index >= 15 is 0 Å². The van der Waals surface area contributed by atoms with E-state index in [-0.39, 0.29) is 35.4 Å². The first-order valence-corrected chi connectivity index (χ1v) is 9.59. The summed E-state index contributed by atoms with van der Waals surface area (Å²) in [5, 5.41) is 9.50. The van der Waals surface area contributed by atoms with Crippen LogP contribution in [0.5, 0.6) is 11.5 Å². The molecule has 0 bridgehead atoms. The van der Waals surface area contributed by atoms with Crippen LogP contribution in [0, 0.1) is 0 Å². The highest BCUT2D eigenvalue weighted by atomic mass is 32.2. The molecule has 2 rings (SSSR count). The molecule has 2 aromatic rings. The summed E-state index contributed by atoms with van der Waals surface area (Å²) >= 11 is 1.16. The number of rotatable bonds is 11. The van der Waals surface area contributed by atoms with Crippen LogP contribution in [0.4, 0.5) is 8.78 Å². The number of amides is 1. The third-order valence-corrected chi connectivity index (χ3v) is 4.70. The summed E-state index contributed by atoms with van der Waals surface area (Å²) in [7, 11) is 1.34. The first-order chi connectivity index (χ1) is 13.4. The third kappa shape index (κ3) is 6.25. The van der Waals surface area contributed by atoms with Crippen molar-refractivity contribution in [2.24, 2.45) is 0 Å². The van der Waals surface area contributed by atoms with Gasteiger partial charge in [-0.25, -0.2) is 9.89 Å². The highest BCUT2D eigenvalue weighted by molar-refractivity contribution is 7.99. The minimum absolute atomic E-state index is 0.0771. The van der Waals surface area contributed by atoms with E-state index in [4.69, 9.17) is 4.74 Å². The quantitative estimate of drug-likeness (QED) is 0.546. The Morgan fingerprint density at radius 3 is 2.86 bits per heavy atom. The molecule has 1 heterocycles. The van der Waals surface area contributed by atoms with Gasteiger partial charge in [-0.2, -0.15) is 8.78 Å². The number of carbonyl (C=O) groups excluding carboxylic acids is 1. The van der Waals surface area contributed by atoms with Crippen molar-refractivity contribution in [1.82, 2.24) is 20.1 Å². The Labute approximate surface area is 164 Å². The minimum atomic E-state index is -2.95. The molecule has 0 spiro atoms. The molecule has 0 saturated heterocycles. The van der Waals surface area contributed by atoms with Gasteiger partial charge in [0, 0.05) is 13.1 Å². The van der Waals surface area contributed by atoms with E-state index in [2.05, 4.69) is 20.3 Å². The van der Waals surface area contributed by atoms with Gasteiger partial charge in [0.2, 0.25) is 5.91 Å². The Hall–Kier alpha value is -2.56. The summed E-state index contributed by atoms with van der Waals surface area (Å²) in [6.45, 7) is -0.198. The molecule has 154 valence electrons. The van der Waals surface area contributed by atoms with Crippen LogP contribution in [0.25, 0.3) is 0 Å². The lowest BCUT2D eigenvalue weighted by Gasteiger charge is -2.12. The van der Waals surface area contributed by atoms with Gasteiger partial charge in [0.15, 0.2) is 16.7 Å². The van der Waals surface area contributed by atoms with E-state index in [0.29, 0.717) is 17.3 Å². The van der Waals surface area contributed by atoms with Crippen LogP contribution in [0.1, 0.15) is 25.3 Å². The number of ether oxygens (including phenoxy) is 2. The van der Waals surface area contributed by atoms with E-state index in [1.165, 1.54) is 23.8 Å². The number of H-pyrrole nitrogens is 1. The smallest absolute Gasteiger partial charge is 0.387 e. The monoisotopic (exact) mass is 416 g/mol. The zero-order chi connectivity index (χ0) is 20.5. The molecule has 8 nitrogen and oxygen atoms in total. The van der Waals surface area contributed by atoms with Crippen LogP contribution in [0.15, 0.2) is 28.2 Å². The first kappa shape index (κ1) is 21.7. The van der Waals surface area contributed by atoms with Crippen molar-refractivity contribution < 1.29 is 23.0 Å². The Morgan fingerprint density at radius 1 is 1.39 bits per heavy atom. The summed E-state index contributed by atoms with van der Waals surface area (Å²) in [6.07, 6.45) is 1.78. The van der Waals surface area contributed by atoms with Gasteiger partial charge >= 0.3 is 12.3 Å². The second-order valence-corrected chi connectivity index (χ2v) is 6.69. The second kappa shape index (κ2) is 10.7. The van der Waals surface area contributed by atoms with Crippen LogP contribution in [-0.4, -0.2) is 40.1 Å². The van der Waals surface area contributed by atoms with Crippen molar-refractivity contribution in [2.75, 3.05) is 12.9 Å². The molecule has 11 heteroatoms. The Morgan fingerprint density at radius 2 is 2.18 bits per heavy atom. The lowest BCUT2D eigenvalue weighted by molar-refractivity contribution is -0.118. The van der Waals surface area contributed by atoms with Gasteiger partial charge in [0.25, 0.3) is 0 Å². The number of nitrogens with zero attached hydrogens (tertiary/aromatic N) is 2. The molecule has 0 radical (unpaired) electrons. The maximum atomic E-state index is 12.3. The molecule has 0 saturated carbocycles. The van der Waals surface area contributed by atoms with Gasteiger partial charge in [-0.3, -0.25) is 9.36 Å². The predicted molar refractivity (Wildman–Crippen MR) is 100.0 cm³/mol. The number of alkyl halides is 2. The van der Waals surface area contributed by atoms with Crippen molar-refractivity contribution in [1.29, 1.82) is 0 Å². The molecule has 0 aliphatic heterocycles. The minimum Gasteiger partial charge on any atom is -0.493 e. The van der Waals surface area contributed by atoms with Crippen molar-refractivity contribution in [3.05, 3.63) is 34.2 Å². The van der Waals surface area contributed by atoms with Gasteiger partial charge < -0.3 is 14.8 Å². The number of unbranched alkanes of at least 4 members (excludes halogenated alkanes) is 1. The van der Waals surface area contributed by atoms with Gasteiger partial charge in [-0.15, -0.1) is 5.10 Å². The molecular formula is C17H22F2N4O4S. The average Bonchev–Trinajstić information content (AvgIpc) is 3.02. The maximum Gasteiger partial charge on any atom is 0.387 e. The Balaban J connectivity index is 1.88. The van der Waals surface area contributed by atoms with Crippen LogP contribution in [0.2, 0.25) is 0 Å². The average molecular weight is 416 g/mol. The van der Waals surface area contributed by atoms with Gasteiger partial charge in [0.05, 0.1) is 12.9 Å². The fourth-order valence-electron chi connectivity index (χ4n) is 2.32. The number of aromatic nitrogens is 3. The molecule has 1 aromatic carbocycles. The molecule has 0 aliphatic rings. The van der Waals surface area contributed by atoms with Crippen molar-refractivity contribution >= 4 is 17.7 Å². The van der Waals surface area contributed by atoms with Gasteiger partial charge in [-0.05, 0) is 24.1 Å². The topological polar surface area (TPSA) is 98.2 Å². The fourth-order valence-corrected chi connectivity index (χ4v) is 3.13. The normalized spacial score (nSPS) is 10.9. The standard InChI is InChI=1S/C17H22F2N4O4S/c1-3-4-7-23-16(25)21-22-17(23)28-10-14(24)20-9-11-5-6-12(27-15(18)19)13(8-11)26-2/h5-6,8,15H,3-4,7,9-10H2,1-2H3,(H,20,24)(H,21,25). The third-order valence-electron chi connectivity index (χ3n) is 3.72. The van der Waals surface area contributed by atoms with E-state index in [1.807, 2.05) is 6.92 Å². The summed E-state index contributed by atoms with van der Waals surface area (Å²) < 4.78 is 35.6. The van der Waals surface area contributed by atoms with Crippen molar-refractivity contribution in [3.63, 3.8) is 0 Å². The summed E-state index contributed by atoms with van der Waals surface area (Å²) in [6, 6.07) is 4.43. The number of hydrogen-bond donors (Lipinski definition) is 2. The molecule has 2 N–H and O–H groups in total.